The Labute approximate surface area is 396 Å². The number of nitrogens with zero attached hydrogens (tertiary/aromatic N) is 4. The zero-order valence-corrected chi connectivity index (χ0v) is 38.4. The van der Waals surface area contributed by atoms with Gasteiger partial charge in [-0.3, -0.25) is 4.98 Å². The fourth-order valence-electron chi connectivity index (χ4n) is 10.4. The lowest BCUT2D eigenvalue weighted by Gasteiger charge is -2.21. The number of aryl methyl sites for hydroxylation is 4. The molecule has 0 aliphatic heterocycles. The smallest absolute Gasteiger partial charge is 0.0993 e. The SMILES string of the molecule is Cc1cccc(-c2ccc3c4ccc(-c5cccc(C)c5)cc4n(-c4cc(C#N)cc(-n5c6cc(-c7cccc(C)c7)ccc6c6ccc(-c7cccc(C)c7)cc65)c4-c4ccncc4)c3c2)c1. The molecule has 0 unspecified atom stereocenters. The second kappa shape index (κ2) is 16.3. The molecule has 322 valence electrons. The lowest BCUT2D eigenvalue weighted by Crippen LogP contribution is -2.05. The second-order valence-electron chi connectivity index (χ2n) is 18.3. The van der Waals surface area contributed by atoms with Gasteiger partial charge in [-0.2, -0.15) is 5.26 Å². The summed E-state index contributed by atoms with van der Waals surface area (Å²) in [7, 11) is 0. The van der Waals surface area contributed by atoms with Gasteiger partial charge in [-0.25, -0.2) is 0 Å². The Morgan fingerprint density at radius 1 is 0.338 bits per heavy atom. The number of aromatic nitrogens is 3. The molecule has 4 heteroatoms. The van der Waals surface area contributed by atoms with Crippen LogP contribution in [0.15, 0.2) is 207 Å². The van der Waals surface area contributed by atoms with E-state index in [2.05, 4.69) is 242 Å². The van der Waals surface area contributed by atoms with Crippen LogP contribution in [0.1, 0.15) is 27.8 Å². The van der Waals surface area contributed by atoms with Gasteiger partial charge in [0.25, 0.3) is 0 Å². The molecule has 0 atom stereocenters. The monoisotopic (exact) mass is 870 g/mol. The van der Waals surface area contributed by atoms with Gasteiger partial charge in [-0.05, 0) is 126 Å². The van der Waals surface area contributed by atoms with Crippen molar-refractivity contribution in [2.24, 2.45) is 0 Å². The summed E-state index contributed by atoms with van der Waals surface area (Å²) >= 11 is 0. The maximum absolute atomic E-state index is 11.2. The van der Waals surface area contributed by atoms with Crippen molar-refractivity contribution in [3.63, 3.8) is 0 Å². The van der Waals surface area contributed by atoms with Crippen LogP contribution in [0.25, 0.3) is 111 Å². The van der Waals surface area contributed by atoms with Gasteiger partial charge in [0.05, 0.1) is 45.1 Å². The summed E-state index contributed by atoms with van der Waals surface area (Å²) in [5.74, 6) is 0. The molecule has 0 aliphatic carbocycles. The van der Waals surface area contributed by atoms with Crippen LogP contribution in [0.3, 0.4) is 0 Å². The summed E-state index contributed by atoms with van der Waals surface area (Å²) in [6, 6.07) is 73.2. The van der Waals surface area contributed by atoms with E-state index < -0.39 is 0 Å². The lowest BCUT2D eigenvalue weighted by molar-refractivity contribution is 1.13. The van der Waals surface area contributed by atoms with Crippen LogP contribution in [0.5, 0.6) is 0 Å². The molecular weight excluding hydrogens is 825 g/mol. The summed E-state index contributed by atoms with van der Waals surface area (Å²) < 4.78 is 4.82. The molecule has 0 aliphatic rings. The molecule has 3 aromatic heterocycles. The predicted octanol–water partition coefficient (Wildman–Crippen LogP) is 16.7. The van der Waals surface area contributed by atoms with Gasteiger partial charge >= 0.3 is 0 Å². The molecule has 0 radical (unpaired) electrons. The van der Waals surface area contributed by atoms with Crippen molar-refractivity contribution in [2.45, 2.75) is 27.7 Å². The standard InChI is InChI=1S/C64H46N4/c1-40-9-5-13-46(29-40)50-17-21-54-55-22-18-51(47-14-6-10-41(2)30-47)36-59(55)67(58(54)35-50)62-33-44(39-65)34-63(64(62)45-25-27-66-28-26-45)68-60-37-52(48-15-7-11-42(3)31-48)19-23-56(60)57-24-20-53(38-61(57)68)49-16-8-12-43(4)32-49/h5-38H,1-4H3. The highest BCUT2D eigenvalue weighted by Crippen LogP contribution is 2.45. The first-order chi connectivity index (χ1) is 33.3. The van der Waals surface area contributed by atoms with Crippen molar-refractivity contribution >= 4 is 43.6 Å². The Hall–Kier alpha value is -8.78. The van der Waals surface area contributed by atoms with E-state index in [1.54, 1.807) is 0 Å². The fraction of sp³-hybridized carbons (Fsp3) is 0.0625. The molecule has 4 nitrogen and oxygen atoms in total. The largest absolute Gasteiger partial charge is 0.308 e. The molecule has 0 saturated heterocycles. The number of pyridine rings is 1. The van der Waals surface area contributed by atoms with E-state index in [0.717, 1.165) is 111 Å². The van der Waals surface area contributed by atoms with Crippen molar-refractivity contribution in [2.75, 3.05) is 0 Å². The molecule has 9 aromatic carbocycles. The van der Waals surface area contributed by atoms with Crippen molar-refractivity contribution in [3.05, 3.63) is 234 Å². The molecule has 0 bridgehead atoms. The average Bonchev–Trinajstić information content (AvgIpc) is 3.87. The minimum Gasteiger partial charge on any atom is -0.308 e. The number of hydrogen-bond donors (Lipinski definition) is 0. The molecule has 12 aromatic rings. The van der Waals surface area contributed by atoms with Crippen molar-refractivity contribution in [1.29, 1.82) is 5.26 Å². The fourth-order valence-corrected chi connectivity index (χ4v) is 10.4. The lowest BCUT2D eigenvalue weighted by atomic mass is 9.98. The summed E-state index contributed by atoms with van der Waals surface area (Å²) in [5, 5.41) is 15.7. The third kappa shape index (κ3) is 6.96. The quantitative estimate of drug-likeness (QED) is 0.160. The molecule has 0 fully saturated rings. The Bertz CT molecular complexity index is 3590. The number of nitriles is 1. The van der Waals surface area contributed by atoms with Crippen LogP contribution in [0.2, 0.25) is 0 Å². The van der Waals surface area contributed by atoms with Gasteiger partial charge in [0.1, 0.15) is 0 Å². The Morgan fingerprint density at radius 3 is 0.941 bits per heavy atom. The maximum atomic E-state index is 11.2. The zero-order valence-electron chi connectivity index (χ0n) is 38.4. The Balaban J connectivity index is 1.24. The molecule has 0 saturated carbocycles. The Kier molecular flexibility index (Phi) is 9.74. The van der Waals surface area contributed by atoms with Crippen molar-refractivity contribution in [1.82, 2.24) is 14.1 Å². The first kappa shape index (κ1) is 40.7. The highest BCUT2D eigenvalue weighted by atomic mass is 15.0. The van der Waals surface area contributed by atoms with Gasteiger partial charge in [0.2, 0.25) is 0 Å². The topological polar surface area (TPSA) is 46.5 Å². The highest BCUT2D eigenvalue weighted by molar-refractivity contribution is 6.14. The van der Waals surface area contributed by atoms with Gasteiger partial charge in [0.15, 0.2) is 0 Å². The van der Waals surface area contributed by atoms with Gasteiger partial charge in [-0.1, -0.05) is 168 Å². The average molecular weight is 871 g/mol. The van der Waals surface area contributed by atoms with Gasteiger partial charge < -0.3 is 9.13 Å². The van der Waals surface area contributed by atoms with Crippen molar-refractivity contribution in [3.8, 4) is 73.1 Å². The van der Waals surface area contributed by atoms with Crippen molar-refractivity contribution < 1.29 is 0 Å². The van der Waals surface area contributed by atoms with E-state index in [0.29, 0.717) is 5.56 Å². The van der Waals surface area contributed by atoms with Gasteiger partial charge in [-0.15, -0.1) is 0 Å². The summed E-state index contributed by atoms with van der Waals surface area (Å²) in [6.45, 7) is 8.57. The minimum atomic E-state index is 0.562. The minimum absolute atomic E-state index is 0.562. The maximum Gasteiger partial charge on any atom is 0.0993 e. The molecule has 0 spiro atoms. The normalized spacial score (nSPS) is 11.5. The molecular formula is C64H46N4. The molecule has 12 rings (SSSR count). The van der Waals surface area contributed by atoms with E-state index >= 15 is 0 Å². The summed E-state index contributed by atoms with van der Waals surface area (Å²) in [4.78, 5) is 4.53. The van der Waals surface area contributed by atoms with Crippen LogP contribution in [0.4, 0.5) is 0 Å². The van der Waals surface area contributed by atoms with Gasteiger partial charge in [0, 0.05) is 39.5 Å². The third-order valence-corrected chi connectivity index (χ3v) is 13.6. The van der Waals surface area contributed by atoms with E-state index in [4.69, 9.17) is 0 Å². The number of rotatable bonds is 7. The molecule has 68 heavy (non-hydrogen) atoms. The van der Waals surface area contributed by atoms with E-state index in [-0.39, 0.29) is 0 Å². The van der Waals surface area contributed by atoms with E-state index in [1.807, 2.05) is 12.4 Å². The third-order valence-electron chi connectivity index (χ3n) is 13.6. The molecule has 0 N–H and O–H groups in total. The van der Waals surface area contributed by atoms with Crippen LogP contribution in [-0.4, -0.2) is 14.1 Å². The number of fused-ring (bicyclic) bond motifs is 6. The zero-order chi connectivity index (χ0) is 46.0. The molecule has 3 heterocycles. The van der Waals surface area contributed by atoms with Crippen LogP contribution in [0, 0.1) is 39.0 Å². The summed E-state index contributed by atoms with van der Waals surface area (Å²) in [5.41, 5.74) is 22.6. The first-order valence-electron chi connectivity index (χ1n) is 23.2. The highest BCUT2D eigenvalue weighted by Gasteiger charge is 2.25. The van der Waals surface area contributed by atoms with Crippen LogP contribution >= 0.6 is 0 Å². The van der Waals surface area contributed by atoms with E-state index in [1.165, 1.54) is 22.3 Å². The summed E-state index contributed by atoms with van der Waals surface area (Å²) in [6.07, 6.45) is 3.74. The Morgan fingerprint density at radius 2 is 0.647 bits per heavy atom. The van der Waals surface area contributed by atoms with Crippen LogP contribution in [-0.2, 0) is 0 Å². The first-order valence-corrected chi connectivity index (χ1v) is 23.2. The van der Waals surface area contributed by atoms with Crippen LogP contribution < -0.4 is 0 Å². The molecule has 0 amide bonds. The number of benzene rings is 9. The predicted molar refractivity (Wildman–Crippen MR) is 284 cm³/mol. The second-order valence-corrected chi connectivity index (χ2v) is 18.3. The van der Waals surface area contributed by atoms with E-state index in [9.17, 15) is 5.26 Å². The number of hydrogen-bond acceptors (Lipinski definition) is 2.